The lowest BCUT2D eigenvalue weighted by atomic mass is 10.1. The number of likely N-dealkylation sites (tertiary alicyclic amines) is 1. The van der Waals surface area contributed by atoms with E-state index in [0.29, 0.717) is 19.5 Å². The van der Waals surface area contributed by atoms with Gasteiger partial charge in [0.1, 0.15) is 5.78 Å². The molecule has 0 radical (unpaired) electrons. The highest BCUT2D eigenvalue weighted by Gasteiger charge is 2.23. The number of carbonyl (C=O) groups excluding carboxylic acids is 2. The predicted octanol–water partition coefficient (Wildman–Crippen LogP) is 0.168. The smallest absolute Gasteiger partial charge is 0.230 e. The lowest BCUT2D eigenvalue weighted by Crippen LogP contribution is -2.38. The highest BCUT2D eigenvalue weighted by Crippen LogP contribution is 2.11. The van der Waals surface area contributed by atoms with Crippen molar-refractivity contribution in [2.45, 2.75) is 19.4 Å². The Balaban J connectivity index is 2.01. The SMILES string of the molecule is O=C1CCN(Cc2ccnnc2)C(=O)C1. The molecule has 0 aromatic carbocycles. The fourth-order valence-corrected chi connectivity index (χ4v) is 1.55. The average Bonchev–Trinajstić information content (AvgIpc) is 2.24. The second-order valence-corrected chi connectivity index (χ2v) is 3.53. The van der Waals surface area contributed by atoms with Gasteiger partial charge in [-0.2, -0.15) is 10.2 Å². The standard InChI is InChI=1S/C10H11N3O2/c14-9-2-4-13(10(15)5-9)7-8-1-3-11-12-6-8/h1,3,6H,2,4-5,7H2. The molecule has 0 saturated carbocycles. The van der Waals surface area contributed by atoms with Gasteiger partial charge >= 0.3 is 0 Å². The third-order valence-electron chi connectivity index (χ3n) is 2.38. The number of piperidine rings is 1. The van der Waals surface area contributed by atoms with Gasteiger partial charge in [0.25, 0.3) is 0 Å². The van der Waals surface area contributed by atoms with Crippen LogP contribution in [-0.4, -0.2) is 33.3 Å². The number of ketones is 1. The van der Waals surface area contributed by atoms with E-state index in [4.69, 9.17) is 0 Å². The fourth-order valence-electron chi connectivity index (χ4n) is 1.55. The molecule has 78 valence electrons. The first kappa shape index (κ1) is 9.76. The van der Waals surface area contributed by atoms with Crippen molar-refractivity contribution in [1.82, 2.24) is 15.1 Å². The molecule has 1 amide bonds. The Kier molecular flexibility index (Phi) is 2.71. The van der Waals surface area contributed by atoms with Crippen LogP contribution in [0.2, 0.25) is 0 Å². The normalized spacial score (nSPS) is 16.9. The van der Waals surface area contributed by atoms with Crippen molar-refractivity contribution in [2.75, 3.05) is 6.54 Å². The number of carbonyl (C=O) groups is 2. The van der Waals surface area contributed by atoms with Crippen LogP contribution in [0.1, 0.15) is 18.4 Å². The van der Waals surface area contributed by atoms with Crippen LogP contribution in [0.3, 0.4) is 0 Å². The lowest BCUT2D eigenvalue weighted by Gasteiger charge is -2.25. The lowest BCUT2D eigenvalue weighted by molar-refractivity contribution is -0.139. The fraction of sp³-hybridized carbons (Fsp3) is 0.400. The van der Waals surface area contributed by atoms with Gasteiger partial charge in [-0.05, 0) is 11.6 Å². The minimum absolute atomic E-state index is 0.0316. The second kappa shape index (κ2) is 4.16. The maximum Gasteiger partial charge on any atom is 0.230 e. The molecular weight excluding hydrogens is 194 g/mol. The number of hydrogen-bond donors (Lipinski definition) is 0. The molecule has 1 aliphatic heterocycles. The molecule has 1 aliphatic rings. The zero-order valence-electron chi connectivity index (χ0n) is 8.22. The van der Waals surface area contributed by atoms with Crippen molar-refractivity contribution < 1.29 is 9.59 Å². The quantitative estimate of drug-likeness (QED) is 0.645. The molecule has 2 heterocycles. The summed E-state index contributed by atoms with van der Waals surface area (Å²) in [6, 6.07) is 1.82. The Bertz CT molecular complexity index is 378. The summed E-state index contributed by atoms with van der Waals surface area (Å²) in [6.07, 6.45) is 3.72. The molecule has 15 heavy (non-hydrogen) atoms. The molecule has 0 atom stereocenters. The number of rotatable bonds is 2. The van der Waals surface area contributed by atoms with E-state index in [1.54, 1.807) is 17.3 Å². The Labute approximate surface area is 87.1 Å². The van der Waals surface area contributed by atoms with Crippen molar-refractivity contribution in [3.8, 4) is 0 Å². The van der Waals surface area contributed by atoms with Crippen molar-refractivity contribution in [3.05, 3.63) is 24.0 Å². The van der Waals surface area contributed by atoms with Gasteiger partial charge in [-0.1, -0.05) is 0 Å². The first-order valence-corrected chi connectivity index (χ1v) is 4.81. The van der Waals surface area contributed by atoms with E-state index >= 15 is 0 Å². The molecule has 1 aromatic rings. The van der Waals surface area contributed by atoms with Crippen molar-refractivity contribution >= 4 is 11.7 Å². The van der Waals surface area contributed by atoms with E-state index in [1.807, 2.05) is 6.07 Å². The van der Waals surface area contributed by atoms with E-state index in [-0.39, 0.29) is 18.1 Å². The highest BCUT2D eigenvalue weighted by molar-refractivity contribution is 6.00. The summed E-state index contributed by atoms with van der Waals surface area (Å²) in [5.74, 6) is -0.0628. The molecule has 0 bridgehead atoms. The Morgan fingerprint density at radius 3 is 2.87 bits per heavy atom. The molecular formula is C10H11N3O2. The maximum atomic E-state index is 11.5. The van der Waals surface area contributed by atoms with Gasteiger partial charge in [0.05, 0.1) is 12.6 Å². The minimum Gasteiger partial charge on any atom is -0.337 e. The maximum absolute atomic E-state index is 11.5. The van der Waals surface area contributed by atoms with Gasteiger partial charge in [-0.3, -0.25) is 9.59 Å². The van der Waals surface area contributed by atoms with Crippen molar-refractivity contribution in [1.29, 1.82) is 0 Å². The number of aromatic nitrogens is 2. The van der Waals surface area contributed by atoms with E-state index in [9.17, 15) is 9.59 Å². The zero-order chi connectivity index (χ0) is 10.7. The van der Waals surface area contributed by atoms with Gasteiger partial charge in [0.2, 0.25) is 5.91 Å². The number of nitrogens with zero attached hydrogens (tertiary/aromatic N) is 3. The molecule has 0 aliphatic carbocycles. The van der Waals surface area contributed by atoms with Crippen molar-refractivity contribution in [2.24, 2.45) is 0 Å². The van der Waals surface area contributed by atoms with Crippen LogP contribution in [-0.2, 0) is 16.1 Å². The Hall–Kier alpha value is -1.78. The van der Waals surface area contributed by atoms with Gasteiger partial charge in [-0.15, -0.1) is 0 Å². The summed E-state index contributed by atoms with van der Waals surface area (Å²) < 4.78 is 0. The van der Waals surface area contributed by atoms with Gasteiger partial charge in [0, 0.05) is 25.7 Å². The summed E-state index contributed by atoms with van der Waals surface area (Å²) in [6.45, 7) is 1.03. The molecule has 1 saturated heterocycles. The number of hydrogen-bond acceptors (Lipinski definition) is 4. The van der Waals surface area contributed by atoms with Crippen LogP contribution in [0.5, 0.6) is 0 Å². The predicted molar refractivity (Wildman–Crippen MR) is 51.7 cm³/mol. The van der Waals surface area contributed by atoms with Gasteiger partial charge in [0.15, 0.2) is 0 Å². The summed E-state index contributed by atoms with van der Waals surface area (Å²) in [7, 11) is 0. The second-order valence-electron chi connectivity index (χ2n) is 3.53. The number of Topliss-reactive ketones (excluding diaryl/α,β-unsaturated/α-hetero) is 1. The Morgan fingerprint density at radius 2 is 2.20 bits per heavy atom. The minimum atomic E-state index is -0.0944. The summed E-state index contributed by atoms with van der Waals surface area (Å²) in [5.41, 5.74) is 0.938. The van der Waals surface area contributed by atoms with E-state index in [1.165, 1.54) is 0 Å². The van der Waals surface area contributed by atoms with Crippen LogP contribution in [0, 0.1) is 0 Å². The molecule has 0 unspecified atom stereocenters. The molecule has 0 N–H and O–H groups in total. The summed E-state index contributed by atoms with van der Waals surface area (Å²) >= 11 is 0. The van der Waals surface area contributed by atoms with Crippen LogP contribution < -0.4 is 0 Å². The van der Waals surface area contributed by atoms with Crippen molar-refractivity contribution in [3.63, 3.8) is 0 Å². The van der Waals surface area contributed by atoms with Crippen LogP contribution >= 0.6 is 0 Å². The largest absolute Gasteiger partial charge is 0.337 e. The summed E-state index contributed by atoms with van der Waals surface area (Å²) in [5, 5.41) is 7.40. The first-order chi connectivity index (χ1) is 7.25. The van der Waals surface area contributed by atoms with E-state index < -0.39 is 0 Å². The molecule has 0 spiro atoms. The Morgan fingerprint density at radius 1 is 1.33 bits per heavy atom. The van der Waals surface area contributed by atoms with Crippen LogP contribution in [0.25, 0.3) is 0 Å². The molecule has 1 fully saturated rings. The highest BCUT2D eigenvalue weighted by atomic mass is 16.2. The first-order valence-electron chi connectivity index (χ1n) is 4.81. The topological polar surface area (TPSA) is 63.2 Å². The monoisotopic (exact) mass is 205 g/mol. The molecule has 2 rings (SSSR count). The molecule has 5 nitrogen and oxygen atoms in total. The zero-order valence-corrected chi connectivity index (χ0v) is 8.22. The third kappa shape index (κ3) is 2.37. The third-order valence-corrected chi connectivity index (χ3v) is 2.38. The average molecular weight is 205 g/mol. The van der Waals surface area contributed by atoms with E-state index in [0.717, 1.165) is 5.56 Å². The van der Waals surface area contributed by atoms with Gasteiger partial charge < -0.3 is 4.90 Å². The van der Waals surface area contributed by atoms with Crippen LogP contribution in [0.15, 0.2) is 18.5 Å². The van der Waals surface area contributed by atoms with E-state index in [2.05, 4.69) is 10.2 Å². The molecule has 5 heteroatoms. The number of amides is 1. The van der Waals surface area contributed by atoms with Crippen LogP contribution in [0.4, 0.5) is 0 Å². The molecule has 1 aromatic heterocycles. The summed E-state index contributed by atoms with van der Waals surface area (Å²) in [4.78, 5) is 24.2. The van der Waals surface area contributed by atoms with Gasteiger partial charge in [-0.25, -0.2) is 0 Å².